The molecule has 0 bridgehead atoms. The number of benzene rings is 2. The minimum Gasteiger partial charge on any atom is -0.322 e. The molecule has 6 nitrogen and oxygen atoms in total. The van der Waals surface area contributed by atoms with E-state index in [2.05, 4.69) is 15.4 Å². The maximum atomic E-state index is 13.5. The Labute approximate surface area is 143 Å². The highest BCUT2D eigenvalue weighted by molar-refractivity contribution is 5.90. The van der Waals surface area contributed by atoms with Crippen LogP contribution in [-0.2, 0) is 11.3 Å². The lowest BCUT2D eigenvalue weighted by Gasteiger charge is -2.07. The van der Waals surface area contributed by atoms with Gasteiger partial charge in [0.15, 0.2) is 0 Å². The first-order valence-electron chi connectivity index (χ1n) is 7.58. The van der Waals surface area contributed by atoms with Gasteiger partial charge >= 0.3 is 5.69 Å². The van der Waals surface area contributed by atoms with Crippen LogP contribution in [0.1, 0.15) is 5.56 Å². The highest BCUT2D eigenvalue weighted by atomic mass is 19.1. The van der Waals surface area contributed by atoms with Crippen LogP contribution >= 0.6 is 0 Å². The van der Waals surface area contributed by atoms with Crippen LogP contribution in [0.2, 0.25) is 0 Å². The SMILES string of the molecule is Cc1ccc(-c2cnn(CC(=O)Nc3ccccc3F)c(=O)n2)cc1. The molecule has 1 aromatic heterocycles. The number of anilines is 1. The summed E-state index contributed by atoms with van der Waals surface area (Å²) in [6, 6.07) is 13.3. The first kappa shape index (κ1) is 16.5. The summed E-state index contributed by atoms with van der Waals surface area (Å²) >= 11 is 0. The lowest BCUT2D eigenvalue weighted by Crippen LogP contribution is -2.31. The van der Waals surface area contributed by atoms with Gasteiger partial charge in [-0.3, -0.25) is 4.79 Å². The minimum absolute atomic E-state index is 0.0461. The van der Waals surface area contributed by atoms with Crippen LogP contribution in [-0.4, -0.2) is 20.7 Å². The Balaban J connectivity index is 1.75. The van der Waals surface area contributed by atoms with Gasteiger partial charge in [-0.15, -0.1) is 0 Å². The topological polar surface area (TPSA) is 76.9 Å². The van der Waals surface area contributed by atoms with Crippen molar-refractivity contribution < 1.29 is 9.18 Å². The van der Waals surface area contributed by atoms with Crippen LogP contribution in [0.3, 0.4) is 0 Å². The number of rotatable bonds is 4. The second-order valence-corrected chi connectivity index (χ2v) is 5.48. The Morgan fingerprint density at radius 2 is 1.88 bits per heavy atom. The molecule has 0 radical (unpaired) electrons. The number of nitrogens with one attached hydrogen (secondary N) is 1. The predicted octanol–water partition coefficient (Wildman–Crippen LogP) is 2.39. The number of carbonyl (C=O) groups excluding carboxylic acids is 1. The molecule has 126 valence electrons. The largest absolute Gasteiger partial charge is 0.365 e. The molecule has 1 amide bonds. The molecular weight excluding hydrogens is 323 g/mol. The van der Waals surface area contributed by atoms with E-state index in [1.165, 1.54) is 24.4 Å². The van der Waals surface area contributed by atoms with Crippen molar-refractivity contribution in [2.45, 2.75) is 13.5 Å². The van der Waals surface area contributed by atoms with Gasteiger partial charge in [-0.1, -0.05) is 42.0 Å². The summed E-state index contributed by atoms with van der Waals surface area (Å²) in [5.41, 5.74) is 1.68. The monoisotopic (exact) mass is 338 g/mol. The highest BCUT2D eigenvalue weighted by Gasteiger charge is 2.10. The summed E-state index contributed by atoms with van der Waals surface area (Å²) in [5.74, 6) is -1.12. The van der Waals surface area contributed by atoms with Gasteiger partial charge in [0.1, 0.15) is 12.4 Å². The lowest BCUT2D eigenvalue weighted by atomic mass is 10.1. The van der Waals surface area contributed by atoms with Crippen molar-refractivity contribution >= 4 is 11.6 Å². The molecule has 1 heterocycles. The Bertz CT molecular complexity index is 967. The molecule has 3 aromatic rings. The van der Waals surface area contributed by atoms with E-state index in [1.54, 1.807) is 6.07 Å². The number of aromatic nitrogens is 3. The molecule has 0 aliphatic rings. The summed E-state index contributed by atoms with van der Waals surface area (Å²) in [7, 11) is 0. The van der Waals surface area contributed by atoms with Crippen molar-refractivity contribution in [1.29, 1.82) is 0 Å². The standard InChI is InChI=1S/C18H15FN4O2/c1-12-6-8-13(9-7-12)16-10-20-23(18(25)22-16)11-17(24)21-15-5-3-2-4-14(15)19/h2-10H,11H2,1H3,(H,21,24). The lowest BCUT2D eigenvalue weighted by molar-refractivity contribution is -0.117. The Hall–Kier alpha value is -3.35. The van der Waals surface area contributed by atoms with Gasteiger partial charge < -0.3 is 5.32 Å². The van der Waals surface area contributed by atoms with E-state index in [4.69, 9.17) is 0 Å². The molecule has 3 rings (SSSR count). The number of aryl methyl sites for hydroxylation is 1. The average Bonchev–Trinajstić information content (AvgIpc) is 2.59. The number of hydrogen-bond donors (Lipinski definition) is 1. The van der Waals surface area contributed by atoms with Crippen molar-refractivity contribution in [1.82, 2.24) is 14.8 Å². The van der Waals surface area contributed by atoms with Crippen molar-refractivity contribution in [2.75, 3.05) is 5.32 Å². The molecule has 0 aliphatic carbocycles. The number of para-hydroxylation sites is 1. The maximum Gasteiger partial charge on any atom is 0.365 e. The predicted molar refractivity (Wildman–Crippen MR) is 91.5 cm³/mol. The van der Waals surface area contributed by atoms with E-state index >= 15 is 0 Å². The normalized spacial score (nSPS) is 10.5. The van der Waals surface area contributed by atoms with Gasteiger partial charge in [0.05, 0.1) is 17.6 Å². The van der Waals surface area contributed by atoms with Crippen LogP contribution in [0.5, 0.6) is 0 Å². The van der Waals surface area contributed by atoms with Gasteiger partial charge in [-0.05, 0) is 19.1 Å². The van der Waals surface area contributed by atoms with Crippen LogP contribution in [0, 0.1) is 12.7 Å². The molecule has 25 heavy (non-hydrogen) atoms. The van der Waals surface area contributed by atoms with Crippen LogP contribution < -0.4 is 11.0 Å². The minimum atomic E-state index is -0.651. The number of hydrogen-bond acceptors (Lipinski definition) is 4. The van der Waals surface area contributed by atoms with Crippen molar-refractivity contribution in [2.24, 2.45) is 0 Å². The fraction of sp³-hybridized carbons (Fsp3) is 0.111. The van der Waals surface area contributed by atoms with Gasteiger partial charge in [-0.2, -0.15) is 10.1 Å². The van der Waals surface area contributed by atoms with Gasteiger partial charge in [0, 0.05) is 5.56 Å². The van der Waals surface area contributed by atoms with Crippen LogP contribution in [0.25, 0.3) is 11.3 Å². The summed E-state index contributed by atoms with van der Waals surface area (Å²) < 4.78 is 14.5. The molecule has 2 aromatic carbocycles. The average molecular weight is 338 g/mol. The van der Waals surface area contributed by atoms with E-state index in [0.29, 0.717) is 5.69 Å². The number of halogens is 1. The molecule has 0 fully saturated rings. The third-order valence-corrected chi connectivity index (χ3v) is 3.54. The van der Waals surface area contributed by atoms with E-state index in [0.717, 1.165) is 15.8 Å². The van der Waals surface area contributed by atoms with Gasteiger partial charge in [0.2, 0.25) is 5.91 Å². The summed E-state index contributed by atoms with van der Waals surface area (Å²) in [6.45, 7) is 1.61. The number of carbonyl (C=O) groups is 1. The first-order chi connectivity index (χ1) is 12.0. The van der Waals surface area contributed by atoms with E-state index in [1.807, 2.05) is 31.2 Å². The summed E-state index contributed by atoms with van der Waals surface area (Å²) in [5, 5.41) is 6.37. The molecule has 0 atom stereocenters. The summed E-state index contributed by atoms with van der Waals surface area (Å²) in [4.78, 5) is 28.0. The Morgan fingerprint density at radius 3 is 2.56 bits per heavy atom. The quantitative estimate of drug-likeness (QED) is 0.792. The molecule has 0 saturated carbocycles. The molecule has 0 unspecified atom stereocenters. The van der Waals surface area contributed by atoms with Crippen molar-refractivity contribution in [3.8, 4) is 11.3 Å². The molecule has 1 N–H and O–H groups in total. The second kappa shape index (κ2) is 7.04. The molecule has 0 spiro atoms. The van der Waals surface area contributed by atoms with Gasteiger partial charge in [0.25, 0.3) is 0 Å². The van der Waals surface area contributed by atoms with Crippen LogP contribution in [0.4, 0.5) is 10.1 Å². The zero-order valence-corrected chi connectivity index (χ0v) is 13.4. The first-order valence-corrected chi connectivity index (χ1v) is 7.58. The second-order valence-electron chi connectivity index (χ2n) is 5.48. The zero-order chi connectivity index (χ0) is 17.8. The Kier molecular flexibility index (Phi) is 4.65. The third-order valence-electron chi connectivity index (χ3n) is 3.54. The summed E-state index contributed by atoms with van der Waals surface area (Å²) in [6.07, 6.45) is 1.42. The van der Waals surface area contributed by atoms with Crippen molar-refractivity contribution in [3.63, 3.8) is 0 Å². The molecular formula is C18H15FN4O2. The van der Waals surface area contributed by atoms with Gasteiger partial charge in [-0.25, -0.2) is 13.9 Å². The number of amides is 1. The highest BCUT2D eigenvalue weighted by Crippen LogP contribution is 2.15. The third kappa shape index (κ3) is 3.95. The van der Waals surface area contributed by atoms with Crippen LogP contribution in [0.15, 0.2) is 59.5 Å². The van der Waals surface area contributed by atoms with E-state index in [9.17, 15) is 14.0 Å². The van der Waals surface area contributed by atoms with E-state index < -0.39 is 17.4 Å². The smallest absolute Gasteiger partial charge is 0.322 e. The fourth-order valence-electron chi connectivity index (χ4n) is 2.22. The number of nitrogens with zero attached hydrogens (tertiary/aromatic N) is 3. The van der Waals surface area contributed by atoms with E-state index in [-0.39, 0.29) is 12.2 Å². The fourth-order valence-corrected chi connectivity index (χ4v) is 2.22. The molecule has 0 saturated heterocycles. The molecule has 0 aliphatic heterocycles. The maximum absolute atomic E-state index is 13.5. The Morgan fingerprint density at radius 1 is 1.16 bits per heavy atom. The van der Waals surface area contributed by atoms with Crippen molar-refractivity contribution in [3.05, 3.63) is 76.6 Å². The zero-order valence-electron chi connectivity index (χ0n) is 13.4. The molecule has 7 heteroatoms.